The molecule has 0 N–H and O–H groups in total. The molecule has 1 aliphatic heterocycles. The zero-order valence-corrected chi connectivity index (χ0v) is 16.8. The van der Waals surface area contributed by atoms with Crippen molar-refractivity contribution in [2.24, 2.45) is 0 Å². The number of rotatable bonds is 17. The molecule has 0 unspecified atom stereocenters. The van der Waals surface area contributed by atoms with Crippen LogP contribution < -0.4 is 0 Å². The molecule has 24 heavy (non-hydrogen) atoms. The van der Waals surface area contributed by atoms with Crippen molar-refractivity contribution in [2.75, 3.05) is 13.6 Å². The van der Waals surface area contributed by atoms with Gasteiger partial charge in [-0.15, -0.1) is 0 Å². The highest BCUT2D eigenvalue weighted by Crippen LogP contribution is 2.16. The monoisotopic (exact) mass is 334 g/mol. The molecule has 0 fully saturated rings. The third-order valence-corrected chi connectivity index (χ3v) is 5.46. The van der Waals surface area contributed by atoms with Crippen LogP contribution in [0.4, 0.5) is 0 Å². The third kappa shape index (κ3) is 11.9. The molecule has 0 aromatic heterocycles. The van der Waals surface area contributed by atoms with Gasteiger partial charge >= 0.3 is 0 Å². The maximum atomic E-state index is 2.30. The Balaban J connectivity index is 1.70. The van der Waals surface area contributed by atoms with Crippen LogP contribution in [-0.4, -0.2) is 18.1 Å². The summed E-state index contributed by atoms with van der Waals surface area (Å²) in [5, 5.41) is 0. The molecule has 1 nitrogen and oxygen atoms in total. The summed E-state index contributed by atoms with van der Waals surface area (Å²) in [6.45, 7) is 3.57. The van der Waals surface area contributed by atoms with Crippen molar-refractivity contribution in [1.82, 2.24) is 0 Å². The SMILES string of the molecule is CCCCCCCCCCCCCCCCCC[N+]1(C)C=CC=C1. The van der Waals surface area contributed by atoms with E-state index in [1.54, 1.807) is 0 Å². The fraction of sp³-hybridized carbons (Fsp3) is 0.826. The minimum Gasteiger partial charge on any atom is -0.273 e. The van der Waals surface area contributed by atoms with Crippen molar-refractivity contribution >= 4 is 0 Å². The molecular weight excluding hydrogens is 290 g/mol. The van der Waals surface area contributed by atoms with Crippen LogP contribution in [0.15, 0.2) is 24.6 Å². The number of allylic oxidation sites excluding steroid dienone is 2. The van der Waals surface area contributed by atoms with Gasteiger partial charge in [0, 0.05) is 0 Å². The Morgan fingerprint density at radius 3 is 1.21 bits per heavy atom. The molecule has 1 heteroatoms. The van der Waals surface area contributed by atoms with Crippen molar-refractivity contribution in [3.05, 3.63) is 24.6 Å². The Labute approximate surface area is 152 Å². The van der Waals surface area contributed by atoms with E-state index in [4.69, 9.17) is 0 Å². The van der Waals surface area contributed by atoms with Gasteiger partial charge in [-0.3, -0.25) is 4.48 Å². The van der Waals surface area contributed by atoms with Crippen molar-refractivity contribution in [3.8, 4) is 0 Å². The molecule has 0 bridgehead atoms. The molecule has 0 radical (unpaired) electrons. The molecule has 0 saturated heterocycles. The van der Waals surface area contributed by atoms with E-state index in [9.17, 15) is 0 Å². The van der Waals surface area contributed by atoms with Gasteiger partial charge in [-0.1, -0.05) is 96.8 Å². The average Bonchev–Trinajstić information content (AvgIpc) is 3.01. The Morgan fingerprint density at radius 2 is 0.833 bits per heavy atom. The highest BCUT2D eigenvalue weighted by atomic mass is 15.3. The summed E-state index contributed by atoms with van der Waals surface area (Å²) in [7, 11) is 2.30. The molecule has 0 aromatic rings. The Bertz CT molecular complexity index is 317. The third-order valence-electron chi connectivity index (χ3n) is 5.46. The summed E-state index contributed by atoms with van der Waals surface area (Å²) in [5.74, 6) is 0. The first-order valence-electron chi connectivity index (χ1n) is 11.0. The van der Waals surface area contributed by atoms with Crippen LogP contribution in [0.2, 0.25) is 0 Å². The van der Waals surface area contributed by atoms with Gasteiger partial charge in [0.25, 0.3) is 0 Å². The molecule has 140 valence electrons. The Kier molecular flexibility index (Phi) is 13.2. The van der Waals surface area contributed by atoms with E-state index in [1.807, 2.05) is 0 Å². The minimum absolute atomic E-state index is 1.01. The van der Waals surface area contributed by atoms with Crippen molar-refractivity contribution in [3.63, 3.8) is 0 Å². The lowest BCUT2D eigenvalue weighted by molar-refractivity contribution is -0.804. The van der Waals surface area contributed by atoms with Gasteiger partial charge < -0.3 is 0 Å². The zero-order chi connectivity index (χ0) is 17.3. The first-order chi connectivity index (χ1) is 11.8. The Morgan fingerprint density at radius 1 is 0.500 bits per heavy atom. The van der Waals surface area contributed by atoms with Crippen molar-refractivity contribution in [2.45, 2.75) is 110 Å². The second kappa shape index (κ2) is 14.8. The van der Waals surface area contributed by atoms with Crippen LogP contribution in [0.25, 0.3) is 0 Å². The number of unbranched alkanes of at least 4 members (excludes halogenated alkanes) is 15. The van der Waals surface area contributed by atoms with E-state index < -0.39 is 0 Å². The largest absolute Gasteiger partial charge is 0.273 e. The van der Waals surface area contributed by atoms with Gasteiger partial charge in [0.1, 0.15) is 12.4 Å². The molecule has 0 aromatic carbocycles. The number of nitrogens with zero attached hydrogens (tertiary/aromatic N) is 1. The lowest BCUT2D eigenvalue weighted by Gasteiger charge is -2.22. The summed E-state index contributed by atoms with van der Waals surface area (Å²) in [5.41, 5.74) is 0. The summed E-state index contributed by atoms with van der Waals surface area (Å²) in [6.07, 6.45) is 32.1. The lowest BCUT2D eigenvalue weighted by Crippen LogP contribution is -2.31. The predicted octanol–water partition coefficient (Wildman–Crippen LogP) is 7.74. The fourth-order valence-corrected chi connectivity index (χ4v) is 3.69. The van der Waals surface area contributed by atoms with Crippen LogP contribution in [0, 0.1) is 0 Å². The molecule has 1 aliphatic rings. The highest BCUT2D eigenvalue weighted by Gasteiger charge is 2.16. The van der Waals surface area contributed by atoms with Crippen LogP contribution in [-0.2, 0) is 0 Å². The second-order valence-electron chi connectivity index (χ2n) is 8.06. The van der Waals surface area contributed by atoms with Gasteiger partial charge in [0.15, 0.2) is 0 Å². The number of quaternary nitrogens is 1. The van der Waals surface area contributed by atoms with Gasteiger partial charge in [0.2, 0.25) is 0 Å². The first-order valence-corrected chi connectivity index (χ1v) is 11.0. The fourth-order valence-electron chi connectivity index (χ4n) is 3.69. The summed E-state index contributed by atoms with van der Waals surface area (Å²) >= 11 is 0. The molecule has 0 saturated carbocycles. The van der Waals surface area contributed by atoms with Crippen LogP contribution in [0.1, 0.15) is 110 Å². The van der Waals surface area contributed by atoms with Crippen molar-refractivity contribution in [1.29, 1.82) is 0 Å². The quantitative estimate of drug-likeness (QED) is 0.188. The van der Waals surface area contributed by atoms with E-state index in [0.29, 0.717) is 0 Å². The van der Waals surface area contributed by atoms with E-state index in [0.717, 1.165) is 4.48 Å². The molecule has 0 atom stereocenters. The second-order valence-corrected chi connectivity index (χ2v) is 8.06. The molecule has 1 rings (SSSR count). The zero-order valence-electron chi connectivity index (χ0n) is 16.8. The van der Waals surface area contributed by atoms with Crippen LogP contribution >= 0.6 is 0 Å². The normalized spacial score (nSPS) is 15.4. The van der Waals surface area contributed by atoms with Crippen molar-refractivity contribution < 1.29 is 4.48 Å². The molecule has 1 heterocycles. The van der Waals surface area contributed by atoms with E-state index >= 15 is 0 Å². The molecule has 0 amide bonds. The first kappa shape index (κ1) is 21.5. The standard InChI is InChI=1S/C23H44N/c1-3-4-5-6-7-8-9-10-11-12-13-14-15-16-17-18-21-24(2)22-19-20-23-24/h19-20,22-23H,3-18,21H2,1-2H3/q+1. The van der Waals surface area contributed by atoms with E-state index in [2.05, 4.69) is 38.5 Å². The maximum Gasteiger partial charge on any atom is 0.100 e. The lowest BCUT2D eigenvalue weighted by atomic mass is 10.0. The number of hydrogen-bond donors (Lipinski definition) is 0. The Hall–Kier alpha value is -0.560. The van der Waals surface area contributed by atoms with Gasteiger partial charge in [-0.2, -0.15) is 0 Å². The average molecular weight is 335 g/mol. The predicted molar refractivity (Wildman–Crippen MR) is 109 cm³/mol. The van der Waals surface area contributed by atoms with Gasteiger partial charge in [-0.25, -0.2) is 0 Å². The maximum absolute atomic E-state index is 2.30. The van der Waals surface area contributed by atoms with E-state index in [1.165, 1.54) is 109 Å². The molecule has 0 aliphatic carbocycles. The summed E-state index contributed by atoms with van der Waals surface area (Å²) in [4.78, 5) is 0. The molecule has 0 spiro atoms. The highest BCUT2D eigenvalue weighted by molar-refractivity contribution is 5.03. The van der Waals surface area contributed by atoms with Crippen LogP contribution in [0.3, 0.4) is 0 Å². The summed E-state index contributed by atoms with van der Waals surface area (Å²) in [6, 6.07) is 0. The molecular formula is C23H44N+. The topological polar surface area (TPSA) is 0 Å². The summed E-state index contributed by atoms with van der Waals surface area (Å²) < 4.78 is 1.01. The minimum atomic E-state index is 1.01. The number of hydrogen-bond acceptors (Lipinski definition) is 0. The smallest absolute Gasteiger partial charge is 0.100 e. The van der Waals surface area contributed by atoms with Crippen LogP contribution in [0.5, 0.6) is 0 Å². The van der Waals surface area contributed by atoms with Gasteiger partial charge in [0.05, 0.1) is 13.6 Å². The van der Waals surface area contributed by atoms with Gasteiger partial charge in [-0.05, 0) is 25.0 Å². The van der Waals surface area contributed by atoms with E-state index in [-0.39, 0.29) is 0 Å².